The lowest BCUT2D eigenvalue weighted by molar-refractivity contribution is 0.102. The first kappa shape index (κ1) is 15.5. The number of rotatable bonds is 4. The van der Waals surface area contributed by atoms with Crippen molar-refractivity contribution in [1.29, 1.82) is 0 Å². The third-order valence-corrected chi connectivity index (χ3v) is 3.12. The van der Waals surface area contributed by atoms with Crippen molar-refractivity contribution >= 4 is 23.1 Å². The van der Waals surface area contributed by atoms with Crippen molar-refractivity contribution < 1.29 is 13.6 Å². The molecule has 0 aliphatic rings. The first-order valence-corrected chi connectivity index (χ1v) is 7.04. The van der Waals surface area contributed by atoms with Crippen LogP contribution in [0.3, 0.4) is 0 Å². The SMILES string of the molecule is O=C(Nc1ccc(F)cc1F)c1ccc(Nc2ccccc2)nn1. The van der Waals surface area contributed by atoms with Crippen molar-refractivity contribution in [2.75, 3.05) is 10.6 Å². The Morgan fingerprint density at radius 2 is 1.71 bits per heavy atom. The standard InChI is InChI=1S/C17H12F2N4O/c18-11-6-7-14(13(19)10-11)21-17(24)15-8-9-16(23-22-15)20-12-4-2-1-3-5-12/h1-10H,(H,20,23)(H,21,24). The number of anilines is 3. The third-order valence-electron chi connectivity index (χ3n) is 3.12. The van der Waals surface area contributed by atoms with Crippen molar-refractivity contribution in [3.05, 3.63) is 78.0 Å². The molecule has 7 heteroatoms. The fourth-order valence-electron chi connectivity index (χ4n) is 1.97. The van der Waals surface area contributed by atoms with E-state index < -0.39 is 17.5 Å². The molecule has 0 bridgehead atoms. The van der Waals surface area contributed by atoms with Gasteiger partial charge in [0.05, 0.1) is 5.69 Å². The number of carbonyl (C=O) groups is 1. The Morgan fingerprint density at radius 1 is 0.917 bits per heavy atom. The number of para-hydroxylation sites is 1. The largest absolute Gasteiger partial charge is 0.339 e. The number of hydrogen-bond acceptors (Lipinski definition) is 4. The third kappa shape index (κ3) is 3.70. The van der Waals surface area contributed by atoms with E-state index in [2.05, 4.69) is 20.8 Å². The molecule has 3 rings (SSSR count). The van der Waals surface area contributed by atoms with E-state index in [1.165, 1.54) is 6.07 Å². The molecule has 2 N–H and O–H groups in total. The molecule has 0 aliphatic carbocycles. The van der Waals surface area contributed by atoms with Gasteiger partial charge < -0.3 is 10.6 Å². The van der Waals surface area contributed by atoms with Gasteiger partial charge in [0.15, 0.2) is 11.5 Å². The lowest BCUT2D eigenvalue weighted by Crippen LogP contribution is -2.15. The summed E-state index contributed by atoms with van der Waals surface area (Å²) in [5.41, 5.74) is 0.712. The van der Waals surface area contributed by atoms with Crippen LogP contribution in [-0.4, -0.2) is 16.1 Å². The van der Waals surface area contributed by atoms with Crippen LogP contribution in [0.15, 0.2) is 60.7 Å². The molecule has 0 saturated carbocycles. The molecule has 1 heterocycles. The molecule has 0 fully saturated rings. The smallest absolute Gasteiger partial charge is 0.276 e. The van der Waals surface area contributed by atoms with Gasteiger partial charge >= 0.3 is 0 Å². The van der Waals surface area contributed by atoms with E-state index in [1.54, 1.807) is 6.07 Å². The quantitative estimate of drug-likeness (QED) is 0.766. The van der Waals surface area contributed by atoms with Crippen molar-refractivity contribution in [1.82, 2.24) is 10.2 Å². The lowest BCUT2D eigenvalue weighted by atomic mass is 10.2. The summed E-state index contributed by atoms with van der Waals surface area (Å²) in [7, 11) is 0. The summed E-state index contributed by atoms with van der Waals surface area (Å²) < 4.78 is 26.4. The summed E-state index contributed by atoms with van der Waals surface area (Å²) in [4.78, 5) is 12.0. The second-order valence-electron chi connectivity index (χ2n) is 4.87. The molecule has 3 aromatic rings. The van der Waals surface area contributed by atoms with E-state index in [0.29, 0.717) is 11.9 Å². The second kappa shape index (κ2) is 6.82. The Labute approximate surface area is 136 Å². The number of nitrogens with zero attached hydrogens (tertiary/aromatic N) is 2. The molecule has 120 valence electrons. The van der Waals surface area contributed by atoms with Crippen LogP contribution in [-0.2, 0) is 0 Å². The average molecular weight is 326 g/mol. The Morgan fingerprint density at radius 3 is 2.38 bits per heavy atom. The molecule has 24 heavy (non-hydrogen) atoms. The van der Waals surface area contributed by atoms with Crippen LogP contribution in [0.5, 0.6) is 0 Å². The van der Waals surface area contributed by atoms with Gasteiger partial charge in [-0.3, -0.25) is 4.79 Å². The van der Waals surface area contributed by atoms with Crippen LogP contribution in [0.4, 0.5) is 26.0 Å². The van der Waals surface area contributed by atoms with Gasteiger partial charge in [0.1, 0.15) is 11.6 Å². The fraction of sp³-hybridized carbons (Fsp3) is 0. The van der Waals surface area contributed by atoms with E-state index in [-0.39, 0.29) is 11.4 Å². The summed E-state index contributed by atoms with van der Waals surface area (Å²) in [6.07, 6.45) is 0. The number of hydrogen-bond donors (Lipinski definition) is 2. The highest BCUT2D eigenvalue weighted by atomic mass is 19.1. The molecular formula is C17H12F2N4O. The molecule has 2 aromatic carbocycles. The minimum Gasteiger partial charge on any atom is -0.339 e. The van der Waals surface area contributed by atoms with Gasteiger partial charge in [0.25, 0.3) is 5.91 Å². The number of aromatic nitrogens is 2. The molecule has 0 radical (unpaired) electrons. The van der Waals surface area contributed by atoms with Gasteiger partial charge in [-0.15, -0.1) is 10.2 Å². The zero-order chi connectivity index (χ0) is 16.9. The maximum Gasteiger partial charge on any atom is 0.276 e. The van der Waals surface area contributed by atoms with E-state index in [4.69, 9.17) is 0 Å². The first-order chi connectivity index (χ1) is 11.6. The number of carbonyl (C=O) groups excluding carboxylic acids is 1. The Hall–Kier alpha value is -3.35. The van der Waals surface area contributed by atoms with E-state index in [0.717, 1.165) is 17.8 Å². The summed E-state index contributed by atoms with van der Waals surface area (Å²) in [6.45, 7) is 0. The summed E-state index contributed by atoms with van der Waals surface area (Å²) in [5.74, 6) is -1.76. The Bertz CT molecular complexity index is 854. The number of benzene rings is 2. The highest BCUT2D eigenvalue weighted by Crippen LogP contribution is 2.16. The van der Waals surface area contributed by atoms with Gasteiger partial charge in [0, 0.05) is 11.8 Å². The van der Waals surface area contributed by atoms with Gasteiger partial charge in [-0.2, -0.15) is 0 Å². The van der Waals surface area contributed by atoms with Crippen molar-refractivity contribution in [2.45, 2.75) is 0 Å². The zero-order valence-electron chi connectivity index (χ0n) is 12.3. The molecule has 0 saturated heterocycles. The van der Waals surface area contributed by atoms with Crippen LogP contribution < -0.4 is 10.6 Å². The van der Waals surface area contributed by atoms with E-state index in [9.17, 15) is 13.6 Å². The minimum atomic E-state index is -0.862. The Kier molecular flexibility index (Phi) is 4.42. The van der Waals surface area contributed by atoms with Crippen molar-refractivity contribution in [3.63, 3.8) is 0 Å². The van der Waals surface area contributed by atoms with Crippen LogP contribution in [0.2, 0.25) is 0 Å². The van der Waals surface area contributed by atoms with E-state index in [1.807, 2.05) is 30.3 Å². The number of amides is 1. The van der Waals surface area contributed by atoms with Crippen LogP contribution in [0, 0.1) is 11.6 Å². The van der Waals surface area contributed by atoms with Gasteiger partial charge in [-0.25, -0.2) is 8.78 Å². The predicted molar refractivity (Wildman–Crippen MR) is 86.1 cm³/mol. The number of nitrogens with one attached hydrogen (secondary N) is 2. The van der Waals surface area contributed by atoms with Crippen LogP contribution in [0.25, 0.3) is 0 Å². The lowest BCUT2D eigenvalue weighted by Gasteiger charge is -2.07. The molecular weight excluding hydrogens is 314 g/mol. The van der Waals surface area contributed by atoms with Crippen molar-refractivity contribution in [3.8, 4) is 0 Å². The molecule has 0 unspecified atom stereocenters. The summed E-state index contributed by atoms with van der Waals surface area (Å²) >= 11 is 0. The molecule has 0 atom stereocenters. The monoisotopic (exact) mass is 326 g/mol. The molecule has 5 nitrogen and oxygen atoms in total. The average Bonchev–Trinajstić information content (AvgIpc) is 2.59. The topological polar surface area (TPSA) is 66.9 Å². The molecule has 1 amide bonds. The van der Waals surface area contributed by atoms with Crippen LogP contribution in [0.1, 0.15) is 10.5 Å². The fourth-order valence-corrected chi connectivity index (χ4v) is 1.97. The Balaban J connectivity index is 1.69. The van der Waals surface area contributed by atoms with Crippen LogP contribution >= 0.6 is 0 Å². The van der Waals surface area contributed by atoms with Gasteiger partial charge in [0.2, 0.25) is 0 Å². The minimum absolute atomic E-state index is 0.0114. The highest BCUT2D eigenvalue weighted by Gasteiger charge is 2.12. The zero-order valence-corrected chi connectivity index (χ0v) is 12.3. The van der Waals surface area contributed by atoms with Crippen molar-refractivity contribution in [2.24, 2.45) is 0 Å². The first-order valence-electron chi connectivity index (χ1n) is 7.04. The van der Waals surface area contributed by atoms with E-state index >= 15 is 0 Å². The second-order valence-corrected chi connectivity index (χ2v) is 4.87. The highest BCUT2D eigenvalue weighted by molar-refractivity contribution is 6.02. The maximum absolute atomic E-state index is 13.5. The number of halogens is 2. The molecule has 1 aromatic heterocycles. The summed E-state index contributed by atoms with van der Waals surface area (Å²) in [6, 6.07) is 15.3. The summed E-state index contributed by atoms with van der Waals surface area (Å²) in [5, 5.41) is 13.0. The molecule has 0 aliphatic heterocycles. The molecule has 0 spiro atoms. The predicted octanol–water partition coefficient (Wildman–Crippen LogP) is 3.75. The van der Waals surface area contributed by atoms with Gasteiger partial charge in [-0.1, -0.05) is 18.2 Å². The normalized spacial score (nSPS) is 10.2. The van der Waals surface area contributed by atoms with Gasteiger partial charge in [-0.05, 0) is 36.4 Å². The maximum atomic E-state index is 13.5.